The Morgan fingerprint density at radius 2 is 1.21 bits per heavy atom. The van der Waals surface area contributed by atoms with Crippen molar-refractivity contribution in [2.24, 2.45) is 0 Å². The van der Waals surface area contributed by atoms with E-state index in [9.17, 15) is 0 Å². The predicted molar refractivity (Wildman–Crippen MR) is 177 cm³/mol. The number of allylic oxidation sites excluding steroid dienone is 1. The van der Waals surface area contributed by atoms with Gasteiger partial charge in [-0.3, -0.25) is 4.40 Å². The molecule has 0 saturated carbocycles. The van der Waals surface area contributed by atoms with Gasteiger partial charge in [0.1, 0.15) is 5.65 Å². The number of pyridine rings is 2. The fourth-order valence-electron chi connectivity index (χ4n) is 6.10. The summed E-state index contributed by atoms with van der Waals surface area (Å²) in [5.74, 6) is 0. The summed E-state index contributed by atoms with van der Waals surface area (Å²) in [4.78, 5) is 10.2. The van der Waals surface area contributed by atoms with Crippen molar-refractivity contribution in [3.63, 3.8) is 0 Å². The number of rotatable bonds is 4. The maximum Gasteiger partial charge on any atom is 0.146 e. The molecule has 0 fully saturated rings. The van der Waals surface area contributed by atoms with Gasteiger partial charge >= 0.3 is 0 Å². The standard InChI is InChI=1S/C39H27N3/c1-2-10-28-21-23-34(40-38(28)29-11-4-3-5-12-29)27-19-17-26(18-20-27)30-22-24-37-35(25-30)41-39-33-15-7-6-13-31(33)32-14-8-9-16-36(32)42(37)39/h2-25H,1H3/b10-2-. The molecule has 8 aromatic rings. The first kappa shape index (κ1) is 24.3. The normalized spacial score (nSPS) is 11.8. The molecule has 3 heterocycles. The monoisotopic (exact) mass is 537 g/mol. The molecule has 3 aromatic heterocycles. The Hall–Kier alpha value is -5.54. The second-order valence-corrected chi connectivity index (χ2v) is 10.6. The van der Waals surface area contributed by atoms with Crippen LogP contribution >= 0.6 is 0 Å². The van der Waals surface area contributed by atoms with E-state index in [0.29, 0.717) is 0 Å². The smallest absolute Gasteiger partial charge is 0.146 e. The molecule has 3 nitrogen and oxygen atoms in total. The first-order valence-electron chi connectivity index (χ1n) is 14.3. The molecule has 3 heteroatoms. The summed E-state index contributed by atoms with van der Waals surface area (Å²) >= 11 is 0. The molecule has 0 radical (unpaired) electrons. The van der Waals surface area contributed by atoms with Crippen molar-refractivity contribution < 1.29 is 0 Å². The summed E-state index contributed by atoms with van der Waals surface area (Å²) in [6, 6.07) is 47.1. The average Bonchev–Trinajstić information content (AvgIpc) is 3.45. The zero-order valence-electron chi connectivity index (χ0n) is 23.2. The van der Waals surface area contributed by atoms with Crippen molar-refractivity contribution in [2.45, 2.75) is 6.92 Å². The van der Waals surface area contributed by atoms with E-state index in [2.05, 4.69) is 144 Å². The van der Waals surface area contributed by atoms with Crippen molar-refractivity contribution >= 4 is 44.4 Å². The molecule has 8 rings (SSSR count). The van der Waals surface area contributed by atoms with Crippen LogP contribution in [0.25, 0.3) is 78.1 Å². The number of fused-ring (bicyclic) bond motifs is 8. The van der Waals surface area contributed by atoms with Gasteiger partial charge in [-0.05, 0) is 47.7 Å². The van der Waals surface area contributed by atoms with Crippen LogP contribution in [0, 0.1) is 0 Å². The number of para-hydroxylation sites is 1. The van der Waals surface area contributed by atoms with E-state index in [0.717, 1.165) is 55.9 Å². The minimum atomic E-state index is 0.961. The molecule has 198 valence electrons. The molecule has 0 atom stereocenters. The number of hydrogen-bond donors (Lipinski definition) is 0. The van der Waals surface area contributed by atoms with Gasteiger partial charge in [0.05, 0.1) is 27.9 Å². The molecule has 0 aliphatic carbocycles. The molecule has 5 aromatic carbocycles. The molecule has 0 amide bonds. The van der Waals surface area contributed by atoms with Crippen LogP contribution in [0.15, 0.2) is 140 Å². The topological polar surface area (TPSA) is 30.2 Å². The van der Waals surface area contributed by atoms with Crippen molar-refractivity contribution in [1.29, 1.82) is 0 Å². The highest BCUT2D eigenvalue weighted by Gasteiger charge is 2.14. The molecule has 0 saturated heterocycles. The summed E-state index contributed by atoms with van der Waals surface area (Å²) in [5, 5.41) is 3.64. The molecule has 42 heavy (non-hydrogen) atoms. The van der Waals surface area contributed by atoms with Gasteiger partial charge in [0.25, 0.3) is 0 Å². The van der Waals surface area contributed by atoms with Crippen LogP contribution in [0.1, 0.15) is 12.5 Å². The summed E-state index contributed by atoms with van der Waals surface area (Å²) < 4.78 is 2.30. The predicted octanol–water partition coefficient (Wildman–Crippen LogP) is 10.2. The first-order valence-corrected chi connectivity index (χ1v) is 14.3. The Morgan fingerprint density at radius 1 is 0.524 bits per heavy atom. The number of hydrogen-bond acceptors (Lipinski definition) is 2. The highest BCUT2D eigenvalue weighted by atomic mass is 15.0. The van der Waals surface area contributed by atoms with Gasteiger partial charge in [-0.15, -0.1) is 0 Å². The van der Waals surface area contributed by atoms with E-state index in [1.54, 1.807) is 0 Å². The summed E-state index contributed by atoms with van der Waals surface area (Å²) in [5.41, 5.74) is 11.9. The quantitative estimate of drug-likeness (QED) is 0.209. The summed E-state index contributed by atoms with van der Waals surface area (Å²) in [7, 11) is 0. The van der Waals surface area contributed by atoms with E-state index < -0.39 is 0 Å². The molecule has 0 N–H and O–H groups in total. The van der Waals surface area contributed by atoms with E-state index in [-0.39, 0.29) is 0 Å². The maximum absolute atomic E-state index is 5.15. The Labute approximate surface area is 244 Å². The largest absolute Gasteiger partial charge is 0.292 e. The minimum absolute atomic E-state index is 0.961. The number of imidazole rings is 1. The Balaban J connectivity index is 1.21. The molecule has 0 aliphatic rings. The number of benzene rings is 5. The van der Waals surface area contributed by atoms with E-state index >= 15 is 0 Å². The van der Waals surface area contributed by atoms with Crippen molar-refractivity contribution in [3.05, 3.63) is 145 Å². The number of nitrogens with zero attached hydrogens (tertiary/aromatic N) is 3. The van der Waals surface area contributed by atoms with E-state index in [1.165, 1.54) is 21.7 Å². The lowest BCUT2D eigenvalue weighted by Gasteiger charge is -2.10. The summed E-state index contributed by atoms with van der Waals surface area (Å²) in [6.07, 6.45) is 4.17. The maximum atomic E-state index is 5.15. The molecule has 0 unspecified atom stereocenters. The summed E-state index contributed by atoms with van der Waals surface area (Å²) in [6.45, 7) is 2.04. The van der Waals surface area contributed by atoms with Crippen LogP contribution in [0.3, 0.4) is 0 Å². The van der Waals surface area contributed by atoms with Gasteiger partial charge in [-0.1, -0.05) is 121 Å². The Bertz CT molecular complexity index is 2290. The van der Waals surface area contributed by atoms with Crippen molar-refractivity contribution in [2.75, 3.05) is 0 Å². The van der Waals surface area contributed by atoms with Gasteiger partial charge in [0.15, 0.2) is 0 Å². The Morgan fingerprint density at radius 3 is 2.02 bits per heavy atom. The molecule has 0 bridgehead atoms. The third-order valence-corrected chi connectivity index (χ3v) is 8.09. The lowest BCUT2D eigenvalue weighted by molar-refractivity contribution is 1.31. The van der Waals surface area contributed by atoms with Crippen LogP contribution in [-0.4, -0.2) is 14.4 Å². The van der Waals surface area contributed by atoms with Crippen LogP contribution in [0.2, 0.25) is 0 Å². The lowest BCUT2D eigenvalue weighted by atomic mass is 10.0. The first-order chi connectivity index (χ1) is 20.8. The van der Waals surface area contributed by atoms with Gasteiger partial charge in [-0.2, -0.15) is 0 Å². The fraction of sp³-hybridized carbons (Fsp3) is 0.0256. The highest BCUT2D eigenvalue weighted by Crippen LogP contribution is 2.34. The SMILES string of the molecule is C/C=C\c1ccc(-c2ccc(-c3ccc4c(c3)nc3c5ccccc5c5ccccc5n43)cc2)nc1-c1ccccc1. The zero-order chi connectivity index (χ0) is 28.0. The van der Waals surface area contributed by atoms with Crippen LogP contribution in [-0.2, 0) is 0 Å². The van der Waals surface area contributed by atoms with Gasteiger partial charge < -0.3 is 0 Å². The molecule has 0 aliphatic heterocycles. The van der Waals surface area contributed by atoms with Crippen molar-refractivity contribution in [3.8, 4) is 33.6 Å². The fourth-order valence-corrected chi connectivity index (χ4v) is 6.10. The van der Waals surface area contributed by atoms with Crippen LogP contribution in [0.5, 0.6) is 0 Å². The molecular formula is C39H27N3. The Kier molecular flexibility index (Phi) is 5.68. The van der Waals surface area contributed by atoms with Crippen LogP contribution < -0.4 is 0 Å². The second-order valence-electron chi connectivity index (χ2n) is 10.6. The van der Waals surface area contributed by atoms with Gasteiger partial charge in [0.2, 0.25) is 0 Å². The van der Waals surface area contributed by atoms with Crippen LogP contribution in [0.4, 0.5) is 0 Å². The third-order valence-electron chi connectivity index (χ3n) is 8.09. The van der Waals surface area contributed by atoms with E-state index in [1.807, 2.05) is 13.0 Å². The van der Waals surface area contributed by atoms with E-state index in [4.69, 9.17) is 9.97 Å². The molecule has 0 spiro atoms. The zero-order valence-corrected chi connectivity index (χ0v) is 23.2. The molecular weight excluding hydrogens is 510 g/mol. The second kappa shape index (κ2) is 9.83. The number of aromatic nitrogens is 3. The van der Waals surface area contributed by atoms with Crippen molar-refractivity contribution in [1.82, 2.24) is 14.4 Å². The lowest BCUT2D eigenvalue weighted by Crippen LogP contribution is -1.92. The third kappa shape index (κ3) is 3.90. The minimum Gasteiger partial charge on any atom is -0.292 e. The van der Waals surface area contributed by atoms with Gasteiger partial charge in [-0.25, -0.2) is 9.97 Å². The van der Waals surface area contributed by atoms with Gasteiger partial charge in [0, 0.05) is 27.5 Å². The average molecular weight is 538 g/mol. The highest BCUT2D eigenvalue weighted by molar-refractivity contribution is 6.13.